The van der Waals surface area contributed by atoms with Gasteiger partial charge in [-0.2, -0.15) is 0 Å². The molecule has 0 fully saturated rings. The van der Waals surface area contributed by atoms with Gasteiger partial charge in [-0.1, -0.05) is 48.5 Å². The van der Waals surface area contributed by atoms with Gasteiger partial charge < -0.3 is 14.8 Å². The number of H-pyrrole nitrogens is 1. The number of ether oxygens (including phenoxy) is 1. The average Bonchev–Trinajstić information content (AvgIpc) is 3.06. The third kappa shape index (κ3) is 3.43. The van der Waals surface area contributed by atoms with Crippen molar-refractivity contribution in [2.45, 2.75) is 12.8 Å². The summed E-state index contributed by atoms with van der Waals surface area (Å²) in [4.78, 5) is 14.7. The van der Waals surface area contributed by atoms with Crippen molar-refractivity contribution in [3.8, 4) is 5.75 Å². The van der Waals surface area contributed by atoms with Crippen LogP contribution in [0.3, 0.4) is 0 Å². The second kappa shape index (κ2) is 7.45. The van der Waals surface area contributed by atoms with Gasteiger partial charge in [0.1, 0.15) is 11.4 Å². The maximum absolute atomic E-state index is 11.6. The molecule has 1 aromatic heterocycles. The molecule has 4 aromatic rings. The van der Waals surface area contributed by atoms with Gasteiger partial charge in [-0.15, -0.1) is 0 Å². The molecule has 0 aliphatic heterocycles. The molecule has 5 heteroatoms. The van der Waals surface area contributed by atoms with E-state index in [-0.39, 0.29) is 5.69 Å². The minimum atomic E-state index is -0.942. The Morgan fingerprint density at radius 2 is 1.74 bits per heavy atom. The van der Waals surface area contributed by atoms with Crippen LogP contribution in [0.4, 0.5) is 0 Å². The van der Waals surface area contributed by atoms with Crippen LogP contribution in [-0.4, -0.2) is 22.7 Å². The summed E-state index contributed by atoms with van der Waals surface area (Å²) < 4.78 is 6.85. The maximum Gasteiger partial charge on any atom is 0.352 e. The highest BCUT2D eigenvalue weighted by molar-refractivity contribution is 9.10. The minimum absolute atomic E-state index is 0.252. The molecule has 0 radical (unpaired) electrons. The van der Waals surface area contributed by atoms with Gasteiger partial charge >= 0.3 is 5.97 Å². The van der Waals surface area contributed by atoms with E-state index < -0.39 is 5.97 Å². The Balaban J connectivity index is 1.52. The number of hydrogen-bond acceptors (Lipinski definition) is 2. The predicted molar refractivity (Wildman–Crippen MR) is 111 cm³/mol. The number of aromatic nitrogens is 1. The van der Waals surface area contributed by atoms with Gasteiger partial charge in [-0.25, -0.2) is 4.79 Å². The number of halogens is 1. The quantitative estimate of drug-likeness (QED) is 0.385. The number of rotatable bonds is 6. The van der Waals surface area contributed by atoms with E-state index in [9.17, 15) is 9.90 Å². The summed E-state index contributed by atoms with van der Waals surface area (Å²) in [6.45, 7) is 0.522. The van der Waals surface area contributed by atoms with Crippen molar-refractivity contribution in [2.24, 2.45) is 0 Å². The Labute approximate surface area is 164 Å². The first-order valence-electron chi connectivity index (χ1n) is 8.78. The third-order valence-corrected chi connectivity index (χ3v) is 5.34. The van der Waals surface area contributed by atoms with E-state index in [0.717, 1.165) is 43.9 Å². The highest BCUT2D eigenvalue weighted by atomic mass is 79.9. The lowest BCUT2D eigenvalue weighted by molar-refractivity contribution is 0.0690. The summed E-state index contributed by atoms with van der Waals surface area (Å²) in [5, 5.41) is 12.7. The van der Waals surface area contributed by atoms with Crippen LogP contribution in [0.15, 0.2) is 65.1 Å². The molecule has 0 saturated carbocycles. The number of carboxylic acid groups (broad SMARTS) is 1. The standard InChI is InChI=1S/C22H18BrNO3/c23-18-11-4-9-16-17(21(22(25)26)24-20(16)18)10-5-13-27-19-12-3-7-14-6-1-2-8-15(14)19/h1-4,6-9,11-12,24H,5,10,13H2,(H,25,26). The van der Waals surface area contributed by atoms with Crippen LogP contribution < -0.4 is 4.74 Å². The van der Waals surface area contributed by atoms with Crippen LogP contribution in [0.1, 0.15) is 22.5 Å². The fourth-order valence-electron chi connectivity index (χ4n) is 3.43. The molecule has 0 aliphatic rings. The van der Waals surface area contributed by atoms with Gasteiger partial charge in [0.05, 0.1) is 12.1 Å². The third-order valence-electron chi connectivity index (χ3n) is 4.68. The van der Waals surface area contributed by atoms with E-state index in [1.807, 2.05) is 48.5 Å². The van der Waals surface area contributed by atoms with E-state index in [0.29, 0.717) is 13.0 Å². The van der Waals surface area contributed by atoms with Crippen molar-refractivity contribution in [3.05, 3.63) is 76.4 Å². The molecule has 2 N–H and O–H groups in total. The summed E-state index contributed by atoms with van der Waals surface area (Å²) in [5.74, 6) is -0.0868. The number of para-hydroxylation sites is 1. The van der Waals surface area contributed by atoms with E-state index in [4.69, 9.17) is 4.74 Å². The van der Waals surface area contributed by atoms with Crippen LogP contribution in [0.25, 0.3) is 21.7 Å². The molecule has 1 heterocycles. The Kier molecular flexibility index (Phi) is 4.86. The van der Waals surface area contributed by atoms with E-state index >= 15 is 0 Å². The van der Waals surface area contributed by atoms with Crippen molar-refractivity contribution in [1.82, 2.24) is 4.98 Å². The van der Waals surface area contributed by atoms with Crippen LogP contribution >= 0.6 is 15.9 Å². The molecule has 136 valence electrons. The molecule has 3 aromatic carbocycles. The molecular weight excluding hydrogens is 406 g/mol. The zero-order chi connectivity index (χ0) is 18.8. The monoisotopic (exact) mass is 423 g/mol. The summed E-state index contributed by atoms with van der Waals surface area (Å²) in [6.07, 6.45) is 1.35. The van der Waals surface area contributed by atoms with Gasteiger partial charge in [-0.05, 0) is 51.9 Å². The lowest BCUT2D eigenvalue weighted by Gasteiger charge is -2.09. The molecule has 0 aliphatic carbocycles. The molecular formula is C22H18BrNO3. The number of aromatic amines is 1. The molecule has 0 atom stereocenters. The smallest absolute Gasteiger partial charge is 0.352 e. The van der Waals surface area contributed by atoms with Gasteiger partial charge in [0.15, 0.2) is 0 Å². The Morgan fingerprint density at radius 1 is 1.00 bits per heavy atom. The number of carbonyl (C=O) groups is 1. The van der Waals surface area contributed by atoms with Crippen molar-refractivity contribution >= 4 is 43.6 Å². The van der Waals surface area contributed by atoms with Crippen molar-refractivity contribution in [1.29, 1.82) is 0 Å². The van der Waals surface area contributed by atoms with Crippen molar-refractivity contribution in [3.63, 3.8) is 0 Å². The zero-order valence-corrected chi connectivity index (χ0v) is 16.1. The number of hydrogen-bond donors (Lipinski definition) is 2. The zero-order valence-electron chi connectivity index (χ0n) is 14.5. The summed E-state index contributed by atoms with van der Waals surface area (Å²) in [6, 6.07) is 19.9. The lowest BCUT2D eigenvalue weighted by atomic mass is 10.1. The topological polar surface area (TPSA) is 62.3 Å². The summed E-state index contributed by atoms with van der Waals surface area (Å²) in [7, 11) is 0. The summed E-state index contributed by atoms with van der Waals surface area (Å²) >= 11 is 3.48. The largest absolute Gasteiger partial charge is 0.493 e. The fraction of sp³-hybridized carbons (Fsp3) is 0.136. The Bertz CT molecular complexity index is 1130. The van der Waals surface area contributed by atoms with Crippen LogP contribution in [-0.2, 0) is 6.42 Å². The Morgan fingerprint density at radius 3 is 2.59 bits per heavy atom. The van der Waals surface area contributed by atoms with Crippen LogP contribution in [0.5, 0.6) is 5.75 Å². The minimum Gasteiger partial charge on any atom is -0.493 e. The van der Waals surface area contributed by atoms with Gasteiger partial charge in [-0.3, -0.25) is 0 Å². The number of benzene rings is 3. The van der Waals surface area contributed by atoms with E-state index in [1.54, 1.807) is 0 Å². The highest BCUT2D eigenvalue weighted by Gasteiger charge is 2.17. The van der Waals surface area contributed by atoms with Crippen molar-refractivity contribution in [2.75, 3.05) is 6.61 Å². The van der Waals surface area contributed by atoms with Crippen LogP contribution in [0, 0.1) is 0 Å². The van der Waals surface area contributed by atoms with Gasteiger partial charge in [0, 0.05) is 15.2 Å². The van der Waals surface area contributed by atoms with Gasteiger partial charge in [0.2, 0.25) is 0 Å². The van der Waals surface area contributed by atoms with Crippen LogP contribution in [0.2, 0.25) is 0 Å². The number of aromatic carboxylic acids is 1. The molecule has 0 saturated heterocycles. The van der Waals surface area contributed by atoms with Gasteiger partial charge in [0.25, 0.3) is 0 Å². The number of fused-ring (bicyclic) bond motifs is 2. The number of aryl methyl sites for hydroxylation is 1. The molecule has 0 amide bonds. The highest BCUT2D eigenvalue weighted by Crippen LogP contribution is 2.30. The number of carboxylic acids is 1. The normalized spacial score (nSPS) is 11.1. The molecule has 0 bridgehead atoms. The molecule has 0 spiro atoms. The predicted octanol–water partition coefficient (Wildman–Crippen LogP) is 5.79. The maximum atomic E-state index is 11.6. The molecule has 0 unspecified atom stereocenters. The Hall–Kier alpha value is -2.79. The molecule has 4 rings (SSSR count). The number of nitrogens with one attached hydrogen (secondary N) is 1. The second-order valence-corrected chi connectivity index (χ2v) is 7.23. The van der Waals surface area contributed by atoms with E-state index in [1.165, 1.54) is 0 Å². The van der Waals surface area contributed by atoms with Crippen molar-refractivity contribution < 1.29 is 14.6 Å². The molecule has 4 nitrogen and oxygen atoms in total. The average molecular weight is 424 g/mol. The molecule has 27 heavy (non-hydrogen) atoms. The second-order valence-electron chi connectivity index (χ2n) is 6.38. The fourth-order valence-corrected chi connectivity index (χ4v) is 3.90. The first-order valence-corrected chi connectivity index (χ1v) is 9.57. The first kappa shape index (κ1) is 17.6. The van der Waals surface area contributed by atoms with E-state index in [2.05, 4.69) is 33.0 Å². The first-order chi connectivity index (χ1) is 13.1. The lowest BCUT2D eigenvalue weighted by Crippen LogP contribution is -2.04. The summed E-state index contributed by atoms with van der Waals surface area (Å²) in [5.41, 5.74) is 1.89. The SMILES string of the molecule is O=C(O)c1[nH]c2c(Br)cccc2c1CCCOc1cccc2ccccc12.